The van der Waals surface area contributed by atoms with E-state index in [1.165, 1.54) is 38.4 Å². The number of rotatable bonds is 6. The van der Waals surface area contributed by atoms with Crippen LogP contribution in [0.3, 0.4) is 0 Å². The number of amides is 1. The second kappa shape index (κ2) is 6.62. The lowest BCUT2D eigenvalue weighted by atomic mass is 10.3. The third-order valence-corrected chi connectivity index (χ3v) is 3.92. The molecular weight excluding hydrogens is 270 g/mol. The molecule has 0 aliphatic rings. The van der Waals surface area contributed by atoms with Gasteiger partial charge in [0, 0.05) is 19.3 Å². The number of hydrogen-bond donors (Lipinski definition) is 3. The summed E-state index contributed by atoms with van der Waals surface area (Å²) in [6.45, 7) is 0.0640. The Kier molecular flexibility index (Phi) is 5.43. The molecule has 1 atom stereocenters. The quantitative estimate of drug-likeness (QED) is 0.653. The van der Waals surface area contributed by atoms with Crippen LogP contribution in [0.1, 0.15) is 0 Å². The average molecular weight is 287 g/mol. The summed E-state index contributed by atoms with van der Waals surface area (Å²) in [7, 11) is -0.759. The van der Waals surface area contributed by atoms with Crippen molar-refractivity contribution in [1.29, 1.82) is 0 Å². The molecule has 0 saturated heterocycles. The molecule has 0 saturated carbocycles. The van der Waals surface area contributed by atoms with Crippen molar-refractivity contribution < 1.29 is 17.9 Å². The lowest BCUT2D eigenvalue weighted by Gasteiger charge is -2.13. The molecule has 1 amide bonds. The Labute approximate surface area is 112 Å². The van der Waals surface area contributed by atoms with E-state index in [4.69, 9.17) is 10.5 Å². The first kappa shape index (κ1) is 15.6. The van der Waals surface area contributed by atoms with Crippen LogP contribution < -0.4 is 15.8 Å². The summed E-state index contributed by atoms with van der Waals surface area (Å²) in [5.74, 6) is -0.380. The van der Waals surface area contributed by atoms with Gasteiger partial charge >= 0.3 is 0 Å². The van der Waals surface area contributed by atoms with E-state index in [-0.39, 0.29) is 17.3 Å². The van der Waals surface area contributed by atoms with Gasteiger partial charge in [0.05, 0.1) is 4.90 Å². The molecule has 19 heavy (non-hydrogen) atoms. The smallest absolute Gasteiger partial charge is 0.254 e. The molecule has 1 aromatic rings. The number of methoxy groups -OCH3 is 1. The van der Waals surface area contributed by atoms with Gasteiger partial charge in [0.1, 0.15) is 6.10 Å². The molecule has 106 valence electrons. The topological polar surface area (TPSA) is 111 Å². The number of sulfonamides is 1. The minimum Gasteiger partial charge on any atom is -0.370 e. The Morgan fingerprint density at radius 1 is 1.37 bits per heavy atom. The van der Waals surface area contributed by atoms with Crippen LogP contribution >= 0.6 is 0 Å². The largest absolute Gasteiger partial charge is 0.370 e. The molecule has 0 aliphatic heterocycles. The number of ether oxygens (including phenoxy) is 1. The summed E-state index contributed by atoms with van der Waals surface area (Å²) in [5, 5.41) is 2.58. The molecule has 0 aromatic heterocycles. The molecule has 8 heteroatoms. The zero-order valence-electron chi connectivity index (χ0n) is 10.7. The van der Waals surface area contributed by atoms with Crippen LogP contribution in [0.4, 0.5) is 5.69 Å². The summed E-state index contributed by atoms with van der Waals surface area (Å²) in [6.07, 6.45) is -0.735. The van der Waals surface area contributed by atoms with Crippen molar-refractivity contribution in [1.82, 2.24) is 4.72 Å². The highest BCUT2D eigenvalue weighted by atomic mass is 32.2. The van der Waals surface area contributed by atoms with Gasteiger partial charge in [-0.05, 0) is 31.3 Å². The molecule has 0 bridgehead atoms. The third-order valence-electron chi connectivity index (χ3n) is 2.49. The average Bonchev–Trinajstić information content (AvgIpc) is 2.40. The summed E-state index contributed by atoms with van der Waals surface area (Å²) >= 11 is 0. The van der Waals surface area contributed by atoms with Gasteiger partial charge in [-0.1, -0.05) is 0 Å². The van der Waals surface area contributed by atoms with Crippen LogP contribution in [-0.2, 0) is 19.6 Å². The van der Waals surface area contributed by atoms with Crippen molar-refractivity contribution in [3.63, 3.8) is 0 Å². The minimum atomic E-state index is -3.48. The van der Waals surface area contributed by atoms with Crippen molar-refractivity contribution in [2.24, 2.45) is 5.73 Å². The SMILES string of the molecule is CNS(=O)(=O)c1ccc(NC(=O)C(CN)OC)cc1. The van der Waals surface area contributed by atoms with Gasteiger partial charge in [0.25, 0.3) is 5.91 Å². The number of carbonyl (C=O) groups is 1. The fourth-order valence-corrected chi connectivity index (χ4v) is 2.10. The van der Waals surface area contributed by atoms with Crippen molar-refractivity contribution >= 4 is 21.6 Å². The van der Waals surface area contributed by atoms with Crippen molar-refractivity contribution in [3.8, 4) is 0 Å². The Bertz CT molecular complexity index is 523. The Morgan fingerprint density at radius 2 is 1.95 bits per heavy atom. The summed E-state index contributed by atoms with van der Waals surface area (Å²) in [5.41, 5.74) is 5.83. The van der Waals surface area contributed by atoms with Gasteiger partial charge in [-0.3, -0.25) is 4.79 Å². The van der Waals surface area contributed by atoms with Crippen LogP contribution in [0.2, 0.25) is 0 Å². The highest BCUT2D eigenvalue weighted by Crippen LogP contribution is 2.14. The Morgan fingerprint density at radius 3 is 2.37 bits per heavy atom. The Balaban J connectivity index is 2.81. The normalized spacial score (nSPS) is 13.0. The summed E-state index contributed by atoms with van der Waals surface area (Å²) in [4.78, 5) is 11.8. The number of nitrogens with two attached hydrogens (primary N) is 1. The standard InChI is InChI=1S/C11H17N3O4S/c1-13-19(16,17)9-5-3-8(4-6-9)14-11(15)10(7-12)18-2/h3-6,10,13H,7,12H2,1-2H3,(H,14,15). The zero-order chi connectivity index (χ0) is 14.5. The number of hydrogen-bond acceptors (Lipinski definition) is 5. The number of carbonyl (C=O) groups excluding carboxylic acids is 1. The fourth-order valence-electron chi connectivity index (χ4n) is 1.37. The lowest BCUT2D eigenvalue weighted by Crippen LogP contribution is -2.35. The van der Waals surface area contributed by atoms with E-state index in [0.29, 0.717) is 5.69 Å². The van der Waals surface area contributed by atoms with Crippen molar-refractivity contribution in [2.75, 3.05) is 26.0 Å². The maximum Gasteiger partial charge on any atom is 0.254 e. The van der Waals surface area contributed by atoms with Crippen LogP contribution in [0.15, 0.2) is 29.2 Å². The van der Waals surface area contributed by atoms with Gasteiger partial charge in [-0.25, -0.2) is 13.1 Å². The maximum atomic E-state index is 11.7. The van der Waals surface area contributed by atoms with Crippen molar-refractivity contribution in [3.05, 3.63) is 24.3 Å². The van der Waals surface area contributed by atoms with E-state index in [0.717, 1.165) is 0 Å². The first-order valence-electron chi connectivity index (χ1n) is 5.52. The molecule has 0 spiro atoms. The van der Waals surface area contributed by atoms with E-state index in [2.05, 4.69) is 10.0 Å². The maximum absolute atomic E-state index is 11.7. The second-order valence-electron chi connectivity index (χ2n) is 3.68. The van der Waals surface area contributed by atoms with Crippen LogP contribution in [0, 0.1) is 0 Å². The molecule has 7 nitrogen and oxygen atoms in total. The molecule has 0 heterocycles. The first-order chi connectivity index (χ1) is 8.94. The molecule has 1 unspecified atom stereocenters. The van der Waals surface area contributed by atoms with E-state index in [9.17, 15) is 13.2 Å². The third kappa shape index (κ3) is 4.00. The van der Waals surface area contributed by atoms with Crippen LogP contribution in [-0.4, -0.2) is 41.1 Å². The van der Waals surface area contributed by atoms with E-state index >= 15 is 0 Å². The molecule has 0 radical (unpaired) electrons. The van der Waals surface area contributed by atoms with Gasteiger partial charge in [0.15, 0.2) is 0 Å². The number of anilines is 1. The summed E-state index contributed by atoms with van der Waals surface area (Å²) < 4.78 is 30.1. The van der Waals surface area contributed by atoms with E-state index in [1.54, 1.807) is 0 Å². The van der Waals surface area contributed by atoms with Gasteiger partial charge in [-0.15, -0.1) is 0 Å². The molecule has 0 fully saturated rings. The predicted octanol–water partition coefficient (Wildman–Crippen LogP) is -0.493. The van der Waals surface area contributed by atoms with Crippen LogP contribution in [0.5, 0.6) is 0 Å². The molecule has 1 aromatic carbocycles. The monoisotopic (exact) mass is 287 g/mol. The van der Waals surface area contributed by atoms with E-state index in [1.807, 2.05) is 0 Å². The highest BCUT2D eigenvalue weighted by Gasteiger charge is 2.16. The van der Waals surface area contributed by atoms with Gasteiger partial charge in [-0.2, -0.15) is 0 Å². The van der Waals surface area contributed by atoms with E-state index < -0.39 is 16.1 Å². The molecule has 0 aliphatic carbocycles. The minimum absolute atomic E-state index is 0.0640. The molecule has 1 rings (SSSR count). The predicted molar refractivity (Wildman–Crippen MR) is 71.2 cm³/mol. The Hall–Kier alpha value is -1.48. The lowest BCUT2D eigenvalue weighted by molar-refractivity contribution is -0.125. The number of nitrogens with one attached hydrogen (secondary N) is 2. The summed E-state index contributed by atoms with van der Waals surface area (Å²) in [6, 6.07) is 5.77. The van der Waals surface area contributed by atoms with Gasteiger partial charge in [0.2, 0.25) is 10.0 Å². The zero-order valence-corrected chi connectivity index (χ0v) is 11.5. The number of benzene rings is 1. The first-order valence-corrected chi connectivity index (χ1v) is 7.00. The fraction of sp³-hybridized carbons (Fsp3) is 0.364. The molecule has 4 N–H and O–H groups in total. The van der Waals surface area contributed by atoms with Crippen LogP contribution in [0.25, 0.3) is 0 Å². The van der Waals surface area contributed by atoms with Crippen molar-refractivity contribution in [2.45, 2.75) is 11.0 Å². The van der Waals surface area contributed by atoms with Gasteiger partial charge < -0.3 is 15.8 Å². The highest BCUT2D eigenvalue weighted by molar-refractivity contribution is 7.89. The second-order valence-corrected chi connectivity index (χ2v) is 5.57. The molecular formula is C11H17N3O4S.